The van der Waals surface area contributed by atoms with Crippen LogP contribution >= 0.6 is 0 Å². The number of aryl methyl sites for hydroxylation is 1. The molecule has 2 N–H and O–H groups in total. The lowest BCUT2D eigenvalue weighted by Gasteiger charge is -2.58. The number of fused-ring (bicyclic) bond motifs is 1. The molecule has 1 aliphatic heterocycles. The fraction of sp³-hybridized carbons (Fsp3) is 0.615. The third-order valence-corrected chi connectivity index (χ3v) is 8.38. The van der Waals surface area contributed by atoms with Crippen LogP contribution in [0.25, 0.3) is 5.65 Å². The van der Waals surface area contributed by atoms with Gasteiger partial charge in [0.1, 0.15) is 5.69 Å². The van der Waals surface area contributed by atoms with Crippen molar-refractivity contribution in [2.24, 2.45) is 5.41 Å². The summed E-state index contributed by atoms with van der Waals surface area (Å²) in [7, 11) is 22.7. The zero-order chi connectivity index (χ0) is 34.7. The number of ether oxygens (including phenoxy) is 1. The van der Waals surface area contributed by atoms with Gasteiger partial charge < -0.3 is 20.3 Å². The Kier molecular flexibility index (Phi) is 8.72. The molecule has 0 bridgehead atoms. The summed E-state index contributed by atoms with van der Waals surface area (Å²) < 4.78 is 83.3. The fourth-order valence-corrected chi connectivity index (χ4v) is 5.01. The van der Waals surface area contributed by atoms with E-state index >= 15 is 8.78 Å². The van der Waals surface area contributed by atoms with Crippen molar-refractivity contribution in [1.82, 2.24) is 40.4 Å². The van der Waals surface area contributed by atoms with E-state index in [4.69, 9.17) is 36.1 Å². The van der Waals surface area contributed by atoms with Gasteiger partial charge in [0.05, 0.1) is 79.7 Å². The molecule has 2 aliphatic rings. The summed E-state index contributed by atoms with van der Waals surface area (Å²) in [6.45, 7) is 3.21. The molecule has 1 aliphatic carbocycles. The lowest BCUT2D eigenvalue weighted by molar-refractivity contribution is -0.214. The van der Waals surface area contributed by atoms with E-state index in [0.29, 0.717) is 17.7 Å². The topological polar surface area (TPSA) is 140 Å². The maximum atomic E-state index is 15.3. The third kappa shape index (κ3) is 6.46. The lowest BCUT2D eigenvalue weighted by Crippen LogP contribution is -2.83. The van der Waals surface area contributed by atoms with Crippen molar-refractivity contribution in [2.75, 3.05) is 6.61 Å². The molecule has 5 rings (SSSR count). The van der Waals surface area contributed by atoms with E-state index in [0.717, 1.165) is 13.8 Å². The minimum absolute atomic E-state index is 0.0818. The van der Waals surface area contributed by atoms with Gasteiger partial charge in [0.25, 0.3) is 11.8 Å². The molecular formula is C26H27B4F5N8O4. The van der Waals surface area contributed by atoms with Gasteiger partial charge in [0.15, 0.2) is 11.3 Å². The Balaban J connectivity index is 1.51. The van der Waals surface area contributed by atoms with E-state index in [1.54, 1.807) is 0 Å². The zero-order valence-electron chi connectivity index (χ0n) is 25.5. The number of alkyl halides is 5. The monoisotopic (exact) mass is 654 g/mol. The average molecular weight is 654 g/mol. The van der Waals surface area contributed by atoms with Crippen LogP contribution in [0.15, 0.2) is 23.1 Å². The Morgan fingerprint density at radius 3 is 2.49 bits per heavy atom. The Bertz CT molecular complexity index is 1660. The highest BCUT2D eigenvalue weighted by atomic mass is 19.4. The average Bonchev–Trinajstić information content (AvgIpc) is 3.52. The molecule has 242 valence electrons. The number of rotatable bonds is 11. The molecule has 3 aromatic heterocycles. The van der Waals surface area contributed by atoms with Gasteiger partial charge in [-0.25, -0.2) is 27.7 Å². The number of carbonyl (C=O) groups excluding carboxylic acids is 2. The Labute approximate surface area is 270 Å². The van der Waals surface area contributed by atoms with Crippen LogP contribution in [0.2, 0.25) is 0 Å². The second kappa shape index (κ2) is 11.8. The largest absolute Gasteiger partial charge is 0.393 e. The van der Waals surface area contributed by atoms with E-state index in [-0.39, 0.29) is 47.4 Å². The summed E-state index contributed by atoms with van der Waals surface area (Å²) in [5, 5.41) is 9.55. The smallest absolute Gasteiger partial charge is 0.376 e. The van der Waals surface area contributed by atoms with Crippen LogP contribution < -0.4 is 10.6 Å². The molecule has 1 saturated heterocycles. The van der Waals surface area contributed by atoms with Gasteiger partial charge in [0.2, 0.25) is 0 Å². The van der Waals surface area contributed by atoms with Crippen LogP contribution in [0.1, 0.15) is 79.1 Å². The molecule has 47 heavy (non-hydrogen) atoms. The summed E-state index contributed by atoms with van der Waals surface area (Å²) in [4.78, 5) is 31.0. The van der Waals surface area contributed by atoms with Crippen molar-refractivity contribution in [1.29, 1.82) is 0 Å². The number of halogens is 5. The van der Waals surface area contributed by atoms with Crippen LogP contribution in [0.5, 0.6) is 0 Å². The Morgan fingerprint density at radius 1 is 1.21 bits per heavy atom. The Morgan fingerprint density at radius 2 is 1.89 bits per heavy atom. The minimum Gasteiger partial charge on any atom is -0.376 e. The van der Waals surface area contributed by atoms with Crippen LogP contribution in [-0.4, -0.2) is 109 Å². The standard InChI is InChI=1S/C26H27B4F5N8O4/c1-12-19(41-47-40-12)20(44)38-15(6-7-22(2,3)26(33,34)35)16-10-42-18(37-16)8-13(9-36-42)17(11-46-14-4-5-14)43-21(45)39-24(27,28)23(31,32)25(43,29)30/h8-10,14-15,17H,4-7,11H2,1-3H3,(H,38,44)(H,39,45). The number of hydrogen-bond acceptors (Lipinski definition) is 8. The first-order chi connectivity index (χ1) is 21.7. The van der Waals surface area contributed by atoms with Gasteiger partial charge in [0, 0.05) is 16.2 Å². The molecular weight excluding hydrogens is 627 g/mol. The SMILES string of the molecule is [B]C1([B])NC(=O)N(C(COC2CC2)c2cnn3cc(C(CCC(C)(C)C(F)(F)F)NC(=O)c4nonc4C)nc3c2)C([B])([B])C1(F)F. The Hall–Kier alpha value is -3.63. The fourth-order valence-electron chi connectivity index (χ4n) is 5.01. The number of imidazole rings is 1. The lowest BCUT2D eigenvalue weighted by atomic mass is 9.43. The molecule has 2 fully saturated rings. The number of carbonyl (C=O) groups is 2. The first-order valence-corrected chi connectivity index (χ1v) is 14.4. The van der Waals surface area contributed by atoms with Crippen LogP contribution in [-0.2, 0) is 4.74 Å². The van der Waals surface area contributed by atoms with Crippen molar-refractivity contribution in [3.05, 3.63) is 41.1 Å². The van der Waals surface area contributed by atoms with Crippen molar-refractivity contribution in [2.45, 2.75) is 87.4 Å². The van der Waals surface area contributed by atoms with Gasteiger partial charge in [-0.3, -0.25) is 4.79 Å². The van der Waals surface area contributed by atoms with E-state index in [2.05, 4.69) is 30.3 Å². The second-order valence-electron chi connectivity index (χ2n) is 12.5. The molecule has 21 heteroatoms. The molecule has 0 spiro atoms. The van der Waals surface area contributed by atoms with Crippen molar-refractivity contribution in [3.8, 4) is 0 Å². The molecule has 1 saturated carbocycles. The molecule has 0 aromatic carbocycles. The maximum Gasteiger partial charge on any atom is 0.393 e. The van der Waals surface area contributed by atoms with E-state index in [1.807, 2.05) is 5.32 Å². The molecule has 4 heterocycles. The first kappa shape index (κ1) is 34.7. The number of nitrogens with one attached hydrogen (secondary N) is 2. The highest BCUT2D eigenvalue weighted by Gasteiger charge is 2.64. The van der Waals surface area contributed by atoms with Crippen LogP contribution in [0, 0.1) is 12.3 Å². The summed E-state index contributed by atoms with van der Waals surface area (Å²) in [5.41, 5.74) is -1.81. The van der Waals surface area contributed by atoms with E-state index in [1.165, 1.54) is 29.9 Å². The first-order valence-electron chi connectivity index (χ1n) is 14.4. The molecule has 12 nitrogen and oxygen atoms in total. The van der Waals surface area contributed by atoms with Gasteiger partial charge >= 0.3 is 12.2 Å². The van der Waals surface area contributed by atoms with Crippen molar-refractivity contribution < 1.29 is 40.9 Å². The van der Waals surface area contributed by atoms with Gasteiger partial charge in [-0.2, -0.15) is 18.3 Å². The predicted octanol–water partition coefficient (Wildman–Crippen LogP) is 2.12. The third-order valence-electron chi connectivity index (χ3n) is 8.38. The molecule has 8 radical (unpaired) electrons. The van der Waals surface area contributed by atoms with Gasteiger partial charge in [-0.05, 0) is 43.8 Å². The number of aromatic nitrogens is 5. The highest BCUT2D eigenvalue weighted by Crippen LogP contribution is 2.44. The molecule has 2 unspecified atom stereocenters. The second-order valence-corrected chi connectivity index (χ2v) is 12.5. The molecule has 3 amide bonds. The summed E-state index contributed by atoms with van der Waals surface area (Å²) in [6, 6.07) is -2.24. The number of amides is 3. The van der Waals surface area contributed by atoms with Crippen LogP contribution in [0.3, 0.4) is 0 Å². The zero-order valence-corrected chi connectivity index (χ0v) is 25.5. The van der Waals surface area contributed by atoms with Crippen molar-refractivity contribution >= 4 is 49.0 Å². The van der Waals surface area contributed by atoms with Gasteiger partial charge in [-0.15, -0.1) is 0 Å². The number of urea groups is 1. The highest BCUT2D eigenvalue weighted by molar-refractivity contribution is 6.48. The normalized spacial score (nSPS) is 20.5. The van der Waals surface area contributed by atoms with E-state index < -0.39 is 58.6 Å². The summed E-state index contributed by atoms with van der Waals surface area (Å²) >= 11 is 0. The van der Waals surface area contributed by atoms with Crippen molar-refractivity contribution in [3.63, 3.8) is 0 Å². The summed E-state index contributed by atoms with van der Waals surface area (Å²) in [6.07, 6.45) is -1.28. The quantitative estimate of drug-likeness (QED) is 0.237. The van der Waals surface area contributed by atoms with E-state index in [9.17, 15) is 22.8 Å². The maximum absolute atomic E-state index is 15.3. The van der Waals surface area contributed by atoms with Crippen LogP contribution in [0.4, 0.5) is 26.7 Å². The molecule has 2 atom stereocenters. The molecule has 3 aromatic rings. The minimum atomic E-state index is -4.53. The number of nitrogens with zero attached hydrogens (tertiary/aromatic N) is 6. The predicted molar refractivity (Wildman–Crippen MR) is 157 cm³/mol. The van der Waals surface area contributed by atoms with Gasteiger partial charge in [-0.1, -0.05) is 19.0 Å². The summed E-state index contributed by atoms with van der Waals surface area (Å²) in [5.74, 6) is -5.02. The number of hydrogen-bond donors (Lipinski definition) is 2.